The number of benzene rings is 2. The van der Waals surface area contributed by atoms with E-state index in [1.807, 2.05) is 45.1 Å². The smallest absolute Gasteiger partial charge is 0.407 e. The molecule has 3 aromatic rings. The highest BCUT2D eigenvalue weighted by atomic mass is 16.6. The van der Waals surface area contributed by atoms with Crippen molar-refractivity contribution >= 4 is 34.0 Å². The lowest BCUT2D eigenvalue weighted by Crippen LogP contribution is -2.32. The second-order valence-electron chi connectivity index (χ2n) is 6.76. The number of aromatic nitrogens is 1. The van der Waals surface area contributed by atoms with Gasteiger partial charge >= 0.3 is 6.09 Å². The first-order chi connectivity index (χ1) is 11.4. The molecule has 3 rings (SSSR count). The maximum absolute atomic E-state index is 11.6. The first-order valence-electron chi connectivity index (χ1n) is 8.06. The standard InChI is InChI=1S/C20H22N2O2/c1-20(2,3)24-19(23)21-12-6-7-14-10-11-16-15-8-4-5-9-17(15)22-18(16)13-14/h4-11,13,22H,12H2,1-3H3,(H,21,23). The summed E-state index contributed by atoms with van der Waals surface area (Å²) in [4.78, 5) is 15.0. The lowest BCUT2D eigenvalue weighted by molar-refractivity contribution is 0.0534. The highest BCUT2D eigenvalue weighted by molar-refractivity contribution is 6.07. The molecule has 1 aromatic heterocycles. The Morgan fingerprint density at radius 2 is 1.88 bits per heavy atom. The van der Waals surface area contributed by atoms with Gasteiger partial charge in [-0.2, -0.15) is 0 Å². The van der Waals surface area contributed by atoms with E-state index in [-0.39, 0.29) is 0 Å². The summed E-state index contributed by atoms with van der Waals surface area (Å²) in [5.41, 5.74) is 2.85. The van der Waals surface area contributed by atoms with Crippen LogP contribution in [0, 0.1) is 0 Å². The van der Waals surface area contributed by atoms with Crippen LogP contribution >= 0.6 is 0 Å². The van der Waals surface area contributed by atoms with Gasteiger partial charge in [0.2, 0.25) is 0 Å². The molecule has 1 heterocycles. The Hall–Kier alpha value is -2.75. The molecule has 0 spiro atoms. The number of para-hydroxylation sites is 1. The van der Waals surface area contributed by atoms with E-state index < -0.39 is 11.7 Å². The maximum atomic E-state index is 11.6. The third-order valence-corrected chi connectivity index (χ3v) is 3.60. The number of alkyl carbamates (subject to hydrolysis) is 1. The molecule has 0 unspecified atom stereocenters. The number of nitrogens with one attached hydrogen (secondary N) is 2. The van der Waals surface area contributed by atoms with E-state index in [9.17, 15) is 4.79 Å². The second kappa shape index (κ2) is 6.40. The fraction of sp³-hybridized carbons (Fsp3) is 0.250. The van der Waals surface area contributed by atoms with Crippen molar-refractivity contribution in [3.05, 3.63) is 54.1 Å². The minimum absolute atomic E-state index is 0.404. The van der Waals surface area contributed by atoms with Crippen molar-refractivity contribution in [1.82, 2.24) is 10.3 Å². The topological polar surface area (TPSA) is 54.1 Å². The zero-order valence-corrected chi connectivity index (χ0v) is 14.2. The van der Waals surface area contributed by atoms with E-state index in [2.05, 4.69) is 40.6 Å². The van der Waals surface area contributed by atoms with Gasteiger partial charge in [0.15, 0.2) is 0 Å². The first kappa shape index (κ1) is 16.1. The van der Waals surface area contributed by atoms with E-state index in [1.54, 1.807) is 0 Å². The van der Waals surface area contributed by atoms with Gasteiger partial charge in [-0.3, -0.25) is 0 Å². The molecule has 0 saturated heterocycles. The Labute approximate surface area is 141 Å². The molecule has 0 fully saturated rings. The van der Waals surface area contributed by atoms with Crippen molar-refractivity contribution in [1.29, 1.82) is 0 Å². The van der Waals surface area contributed by atoms with Crippen LogP contribution in [-0.4, -0.2) is 23.2 Å². The highest BCUT2D eigenvalue weighted by Gasteiger charge is 2.14. The van der Waals surface area contributed by atoms with Crippen LogP contribution in [0.2, 0.25) is 0 Å². The third kappa shape index (κ3) is 3.77. The number of H-pyrrole nitrogens is 1. The molecule has 0 aliphatic carbocycles. The minimum Gasteiger partial charge on any atom is -0.444 e. The summed E-state index contributed by atoms with van der Waals surface area (Å²) < 4.78 is 5.19. The van der Waals surface area contributed by atoms with Crippen LogP contribution in [0.15, 0.2) is 48.5 Å². The van der Waals surface area contributed by atoms with Crippen LogP contribution in [0.4, 0.5) is 4.79 Å². The van der Waals surface area contributed by atoms with Gasteiger partial charge in [-0.15, -0.1) is 0 Å². The van der Waals surface area contributed by atoms with Crippen molar-refractivity contribution < 1.29 is 9.53 Å². The Bertz CT molecular complexity index is 901. The van der Waals surface area contributed by atoms with E-state index in [4.69, 9.17) is 4.74 Å². The van der Waals surface area contributed by atoms with Crippen LogP contribution < -0.4 is 5.32 Å². The molecule has 2 N–H and O–H groups in total. The summed E-state index contributed by atoms with van der Waals surface area (Å²) in [5.74, 6) is 0. The molecule has 0 radical (unpaired) electrons. The quantitative estimate of drug-likeness (QED) is 0.723. The molecule has 0 atom stereocenters. The molecular weight excluding hydrogens is 300 g/mol. The molecule has 0 saturated carbocycles. The molecule has 0 bridgehead atoms. The van der Waals surface area contributed by atoms with Crippen LogP contribution in [0.25, 0.3) is 27.9 Å². The zero-order chi connectivity index (χ0) is 17.2. The molecule has 124 valence electrons. The summed E-state index contributed by atoms with van der Waals surface area (Å²) in [6, 6.07) is 14.6. The Balaban J connectivity index is 1.67. The van der Waals surface area contributed by atoms with E-state index in [0.29, 0.717) is 6.54 Å². The Kier molecular flexibility index (Phi) is 4.30. The number of aromatic amines is 1. The molecule has 4 heteroatoms. The second-order valence-corrected chi connectivity index (χ2v) is 6.76. The Morgan fingerprint density at radius 3 is 2.67 bits per heavy atom. The zero-order valence-electron chi connectivity index (χ0n) is 14.2. The predicted molar refractivity (Wildman–Crippen MR) is 99.1 cm³/mol. The fourth-order valence-electron chi connectivity index (χ4n) is 2.63. The molecular formula is C20H22N2O2. The average Bonchev–Trinajstić information content (AvgIpc) is 2.87. The summed E-state index contributed by atoms with van der Waals surface area (Å²) in [6.45, 7) is 5.97. The van der Waals surface area contributed by atoms with Gasteiger partial charge in [0.1, 0.15) is 5.60 Å². The van der Waals surface area contributed by atoms with E-state index in [1.165, 1.54) is 10.8 Å². The van der Waals surface area contributed by atoms with E-state index >= 15 is 0 Å². The molecule has 24 heavy (non-hydrogen) atoms. The molecule has 1 amide bonds. The minimum atomic E-state index is -0.478. The lowest BCUT2D eigenvalue weighted by Gasteiger charge is -2.19. The van der Waals surface area contributed by atoms with Gasteiger partial charge in [-0.1, -0.05) is 42.5 Å². The van der Waals surface area contributed by atoms with Crippen LogP contribution in [0.3, 0.4) is 0 Å². The van der Waals surface area contributed by atoms with Crippen molar-refractivity contribution in [3.63, 3.8) is 0 Å². The van der Waals surface area contributed by atoms with Gasteiger partial charge < -0.3 is 15.0 Å². The number of fused-ring (bicyclic) bond motifs is 3. The number of rotatable bonds is 3. The van der Waals surface area contributed by atoms with E-state index in [0.717, 1.165) is 16.6 Å². The van der Waals surface area contributed by atoms with Crippen molar-refractivity contribution in [3.8, 4) is 0 Å². The number of hydrogen-bond acceptors (Lipinski definition) is 2. The number of carbonyl (C=O) groups excluding carboxylic acids is 1. The maximum Gasteiger partial charge on any atom is 0.407 e. The average molecular weight is 322 g/mol. The van der Waals surface area contributed by atoms with Gasteiger partial charge in [0, 0.05) is 28.4 Å². The number of hydrogen-bond donors (Lipinski definition) is 2. The lowest BCUT2D eigenvalue weighted by atomic mass is 10.1. The van der Waals surface area contributed by atoms with Gasteiger partial charge in [0.25, 0.3) is 0 Å². The van der Waals surface area contributed by atoms with Crippen LogP contribution in [-0.2, 0) is 4.74 Å². The largest absolute Gasteiger partial charge is 0.444 e. The van der Waals surface area contributed by atoms with Crippen molar-refractivity contribution in [2.45, 2.75) is 26.4 Å². The first-order valence-corrected chi connectivity index (χ1v) is 8.06. The van der Waals surface area contributed by atoms with Gasteiger partial charge in [-0.25, -0.2) is 4.79 Å². The van der Waals surface area contributed by atoms with Crippen LogP contribution in [0.1, 0.15) is 26.3 Å². The Morgan fingerprint density at radius 1 is 1.12 bits per heavy atom. The predicted octanol–water partition coefficient (Wildman–Crippen LogP) is 4.86. The van der Waals surface area contributed by atoms with Crippen molar-refractivity contribution in [2.24, 2.45) is 0 Å². The fourth-order valence-corrected chi connectivity index (χ4v) is 2.63. The summed E-state index contributed by atoms with van der Waals surface area (Å²) in [6.07, 6.45) is 3.49. The monoisotopic (exact) mass is 322 g/mol. The SMILES string of the molecule is CC(C)(C)OC(=O)NCC=Cc1ccc2c(c1)[nH]c1ccccc12. The van der Waals surface area contributed by atoms with Gasteiger partial charge in [-0.05, 0) is 38.5 Å². The molecule has 0 aliphatic rings. The summed E-state index contributed by atoms with van der Waals surface area (Å²) in [7, 11) is 0. The van der Waals surface area contributed by atoms with Gasteiger partial charge in [0.05, 0.1) is 0 Å². The summed E-state index contributed by atoms with van der Waals surface area (Å²) >= 11 is 0. The van der Waals surface area contributed by atoms with Crippen molar-refractivity contribution in [2.75, 3.05) is 6.54 Å². The normalized spacial score (nSPS) is 12.1. The highest BCUT2D eigenvalue weighted by Crippen LogP contribution is 2.26. The number of carbonyl (C=O) groups is 1. The molecule has 2 aromatic carbocycles. The number of ether oxygens (including phenoxy) is 1. The summed E-state index contributed by atoms with van der Waals surface area (Å²) in [5, 5.41) is 5.16. The number of amides is 1. The molecule has 0 aliphatic heterocycles. The third-order valence-electron chi connectivity index (χ3n) is 3.60. The van der Waals surface area contributed by atoms with Crippen LogP contribution in [0.5, 0.6) is 0 Å². The molecule has 4 nitrogen and oxygen atoms in total.